The van der Waals surface area contributed by atoms with Crippen LogP contribution in [0.15, 0.2) is 6.33 Å². The number of fused-ring (bicyclic) bond motifs is 1. The summed E-state index contributed by atoms with van der Waals surface area (Å²) in [7, 11) is 0. The summed E-state index contributed by atoms with van der Waals surface area (Å²) in [6.45, 7) is 0. The SMILES string of the molecule is Clc1[nH]c2ncnc(Cl)c2c1I. The fourth-order valence-electron chi connectivity index (χ4n) is 0.922. The highest BCUT2D eigenvalue weighted by Crippen LogP contribution is 2.29. The largest absolute Gasteiger partial charge is 0.329 e. The summed E-state index contributed by atoms with van der Waals surface area (Å²) in [6.07, 6.45) is 1.40. The molecule has 12 heavy (non-hydrogen) atoms. The molecule has 0 unspecified atom stereocenters. The molecule has 2 aromatic heterocycles. The molecule has 0 aliphatic carbocycles. The van der Waals surface area contributed by atoms with Crippen molar-refractivity contribution in [1.29, 1.82) is 0 Å². The van der Waals surface area contributed by atoms with Gasteiger partial charge in [0.1, 0.15) is 22.3 Å². The quantitative estimate of drug-likeness (QED) is 0.600. The van der Waals surface area contributed by atoms with E-state index >= 15 is 0 Å². The lowest BCUT2D eigenvalue weighted by Gasteiger charge is -1.90. The number of aromatic amines is 1. The molecule has 2 rings (SSSR count). The van der Waals surface area contributed by atoms with Crippen molar-refractivity contribution >= 4 is 56.8 Å². The van der Waals surface area contributed by atoms with Crippen molar-refractivity contribution in [2.75, 3.05) is 0 Å². The maximum Gasteiger partial charge on any atom is 0.144 e. The van der Waals surface area contributed by atoms with Gasteiger partial charge in [0.05, 0.1) is 8.96 Å². The Balaban J connectivity index is 2.97. The van der Waals surface area contributed by atoms with Crippen LogP contribution in [0.4, 0.5) is 0 Å². The molecule has 0 fully saturated rings. The number of aromatic nitrogens is 3. The maximum absolute atomic E-state index is 5.84. The van der Waals surface area contributed by atoms with Gasteiger partial charge in [-0.3, -0.25) is 0 Å². The van der Waals surface area contributed by atoms with E-state index in [0.717, 1.165) is 8.96 Å². The highest BCUT2D eigenvalue weighted by Gasteiger charge is 2.11. The third-order valence-electron chi connectivity index (χ3n) is 1.44. The van der Waals surface area contributed by atoms with Gasteiger partial charge in [-0.1, -0.05) is 23.2 Å². The third kappa shape index (κ3) is 1.18. The van der Waals surface area contributed by atoms with E-state index in [1.807, 2.05) is 0 Å². The molecule has 2 heterocycles. The average Bonchev–Trinajstić information content (AvgIpc) is 2.29. The Hall–Kier alpha value is -0.0700. The highest BCUT2D eigenvalue weighted by molar-refractivity contribution is 14.1. The summed E-state index contributed by atoms with van der Waals surface area (Å²) in [6, 6.07) is 0. The zero-order valence-corrected chi connectivity index (χ0v) is 9.28. The van der Waals surface area contributed by atoms with Crippen molar-refractivity contribution in [2.24, 2.45) is 0 Å². The van der Waals surface area contributed by atoms with Crippen LogP contribution in [0.5, 0.6) is 0 Å². The smallest absolute Gasteiger partial charge is 0.144 e. The van der Waals surface area contributed by atoms with Crippen molar-refractivity contribution in [3.8, 4) is 0 Å². The molecule has 0 saturated heterocycles. The Kier molecular flexibility index (Phi) is 2.14. The number of hydrogen-bond donors (Lipinski definition) is 1. The Bertz CT molecular complexity index is 440. The number of nitrogens with zero attached hydrogens (tertiary/aromatic N) is 2. The van der Waals surface area contributed by atoms with E-state index in [9.17, 15) is 0 Å². The minimum absolute atomic E-state index is 0.424. The molecule has 0 bridgehead atoms. The van der Waals surface area contributed by atoms with E-state index < -0.39 is 0 Å². The molecule has 1 N–H and O–H groups in total. The molecular weight excluding hydrogens is 312 g/mol. The van der Waals surface area contributed by atoms with Crippen molar-refractivity contribution in [1.82, 2.24) is 15.0 Å². The molecule has 0 radical (unpaired) electrons. The Morgan fingerprint density at radius 1 is 1.33 bits per heavy atom. The summed E-state index contributed by atoms with van der Waals surface area (Å²) in [5.41, 5.74) is 0.671. The van der Waals surface area contributed by atoms with E-state index in [1.54, 1.807) is 0 Å². The van der Waals surface area contributed by atoms with Gasteiger partial charge in [0.15, 0.2) is 0 Å². The van der Waals surface area contributed by atoms with Crippen LogP contribution in [0.1, 0.15) is 0 Å². The predicted octanol–water partition coefficient (Wildman–Crippen LogP) is 2.87. The first-order valence-corrected chi connectivity index (χ1v) is 4.87. The number of hydrogen-bond acceptors (Lipinski definition) is 2. The van der Waals surface area contributed by atoms with Crippen LogP contribution >= 0.6 is 45.8 Å². The first kappa shape index (κ1) is 8.52. The first-order chi connectivity index (χ1) is 5.70. The van der Waals surface area contributed by atoms with Crippen LogP contribution in [-0.2, 0) is 0 Å². The van der Waals surface area contributed by atoms with E-state index in [2.05, 4.69) is 37.5 Å². The van der Waals surface area contributed by atoms with Crippen molar-refractivity contribution in [2.45, 2.75) is 0 Å². The molecule has 0 aliphatic rings. The lowest BCUT2D eigenvalue weighted by atomic mass is 10.4. The second kappa shape index (κ2) is 3.01. The highest BCUT2D eigenvalue weighted by atomic mass is 127. The summed E-state index contributed by atoms with van der Waals surface area (Å²) >= 11 is 13.8. The molecule has 0 amide bonds. The van der Waals surface area contributed by atoms with Gasteiger partial charge in [-0.05, 0) is 22.6 Å². The molecule has 0 spiro atoms. The second-order valence-corrected chi connectivity index (χ2v) is 3.96. The van der Waals surface area contributed by atoms with E-state index in [-0.39, 0.29) is 0 Å². The molecule has 62 valence electrons. The number of H-pyrrole nitrogens is 1. The molecule has 6 heteroatoms. The summed E-state index contributed by atoms with van der Waals surface area (Å²) < 4.78 is 0.856. The topological polar surface area (TPSA) is 41.6 Å². The summed E-state index contributed by atoms with van der Waals surface area (Å²) in [5, 5.41) is 1.75. The van der Waals surface area contributed by atoms with E-state index in [4.69, 9.17) is 23.2 Å². The van der Waals surface area contributed by atoms with Crippen LogP contribution in [0.2, 0.25) is 10.3 Å². The molecule has 2 aromatic rings. The zero-order chi connectivity index (χ0) is 8.72. The Morgan fingerprint density at radius 3 is 2.75 bits per heavy atom. The van der Waals surface area contributed by atoms with Crippen molar-refractivity contribution < 1.29 is 0 Å². The molecular formula is C6H2Cl2IN3. The maximum atomic E-state index is 5.84. The van der Waals surface area contributed by atoms with Gasteiger partial charge >= 0.3 is 0 Å². The number of halogens is 3. The minimum Gasteiger partial charge on any atom is -0.329 e. The van der Waals surface area contributed by atoms with E-state index in [0.29, 0.717) is 16.0 Å². The molecule has 0 saturated carbocycles. The van der Waals surface area contributed by atoms with Gasteiger partial charge in [-0.15, -0.1) is 0 Å². The fraction of sp³-hybridized carbons (Fsp3) is 0. The minimum atomic E-state index is 0.424. The molecule has 0 aliphatic heterocycles. The van der Waals surface area contributed by atoms with Gasteiger partial charge in [0.2, 0.25) is 0 Å². The lowest BCUT2D eigenvalue weighted by molar-refractivity contribution is 1.20. The summed E-state index contributed by atoms with van der Waals surface area (Å²) in [5.74, 6) is 0. The molecule has 3 nitrogen and oxygen atoms in total. The third-order valence-corrected chi connectivity index (χ3v) is 3.41. The normalized spacial score (nSPS) is 10.9. The van der Waals surface area contributed by atoms with Gasteiger partial charge in [-0.25, -0.2) is 9.97 Å². The van der Waals surface area contributed by atoms with Crippen LogP contribution in [0, 0.1) is 3.57 Å². The van der Waals surface area contributed by atoms with Gasteiger partial charge in [0, 0.05) is 0 Å². The van der Waals surface area contributed by atoms with Crippen LogP contribution < -0.4 is 0 Å². The van der Waals surface area contributed by atoms with Crippen LogP contribution in [-0.4, -0.2) is 15.0 Å². The monoisotopic (exact) mass is 313 g/mol. The van der Waals surface area contributed by atoms with Gasteiger partial charge < -0.3 is 4.98 Å². The Labute approximate surface area is 91.6 Å². The Morgan fingerprint density at radius 2 is 2.08 bits per heavy atom. The number of rotatable bonds is 0. The van der Waals surface area contributed by atoms with Crippen LogP contribution in [0.25, 0.3) is 11.0 Å². The molecule has 0 aromatic carbocycles. The van der Waals surface area contributed by atoms with Crippen molar-refractivity contribution in [3.63, 3.8) is 0 Å². The second-order valence-electron chi connectivity index (χ2n) is 2.14. The first-order valence-electron chi connectivity index (χ1n) is 3.03. The lowest BCUT2D eigenvalue weighted by Crippen LogP contribution is -1.80. The number of nitrogens with one attached hydrogen (secondary N) is 1. The van der Waals surface area contributed by atoms with Crippen molar-refractivity contribution in [3.05, 3.63) is 20.2 Å². The van der Waals surface area contributed by atoms with E-state index in [1.165, 1.54) is 6.33 Å². The predicted molar refractivity (Wildman–Crippen MR) is 56.6 cm³/mol. The van der Waals surface area contributed by atoms with Crippen LogP contribution in [0.3, 0.4) is 0 Å². The average molecular weight is 314 g/mol. The summed E-state index contributed by atoms with van der Waals surface area (Å²) in [4.78, 5) is 10.7. The molecule has 0 atom stereocenters. The standard InChI is InChI=1S/C6H2Cl2IN3/c7-4-2-3(9)5(8)12-6(2)11-1-10-4/h1H,(H,10,11,12). The van der Waals surface area contributed by atoms with Gasteiger partial charge in [-0.2, -0.15) is 0 Å². The zero-order valence-electron chi connectivity index (χ0n) is 5.61. The fourth-order valence-corrected chi connectivity index (χ4v) is 2.14. The van der Waals surface area contributed by atoms with Gasteiger partial charge in [0.25, 0.3) is 0 Å².